The number of nitrogens with one attached hydrogen (secondary N) is 1. The molecule has 1 N–H and O–H groups in total. The molecule has 8 nitrogen and oxygen atoms in total. The van der Waals surface area contributed by atoms with Gasteiger partial charge in [-0.25, -0.2) is 4.98 Å². The van der Waals surface area contributed by atoms with Gasteiger partial charge in [-0.15, -0.1) is 0 Å². The van der Waals surface area contributed by atoms with Crippen LogP contribution in [0.25, 0.3) is 0 Å². The molecule has 3 heterocycles. The summed E-state index contributed by atoms with van der Waals surface area (Å²) in [7, 11) is 0. The van der Waals surface area contributed by atoms with Crippen molar-refractivity contribution in [1.29, 1.82) is 0 Å². The van der Waals surface area contributed by atoms with E-state index < -0.39 is 5.91 Å². The number of hydrogen-bond acceptors (Lipinski definition) is 6. The second-order valence-corrected chi connectivity index (χ2v) is 8.96. The summed E-state index contributed by atoms with van der Waals surface area (Å²) in [6.07, 6.45) is 1.86. The molecule has 0 aliphatic carbocycles. The first-order valence-corrected chi connectivity index (χ1v) is 11.6. The smallest absolute Gasteiger partial charge is 0.261 e. The summed E-state index contributed by atoms with van der Waals surface area (Å²) in [6.45, 7) is 5.77. The summed E-state index contributed by atoms with van der Waals surface area (Å²) in [5.74, 6) is -0.307. The van der Waals surface area contributed by atoms with E-state index in [1.807, 2.05) is 50.2 Å². The van der Waals surface area contributed by atoms with E-state index in [0.29, 0.717) is 16.8 Å². The number of pyridine rings is 1. The van der Waals surface area contributed by atoms with Crippen LogP contribution in [-0.2, 0) is 11.3 Å². The Morgan fingerprint density at radius 1 is 0.971 bits per heavy atom. The van der Waals surface area contributed by atoms with Crippen LogP contribution in [0.5, 0.6) is 0 Å². The van der Waals surface area contributed by atoms with Crippen molar-refractivity contribution >= 4 is 29.2 Å². The number of amides is 3. The standard InChI is InChI=1S/C27H26N4O4/c1-17-14-30(15-18(2)35-17)24-11-9-21(13-28-24)29-25(32)20-8-10-22-23(12-20)27(34)31(26(22)33)16-19-6-4-3-5-7-19/h3-13,17-18H,14-16H2,1-2H3,(H,29,32). The lowest BCUT2D eigenvalue weighted by atomic mass is 10.1. The zero-order chi connectivity index (χ0) is 24.5. The molecule has 3 amide bonds. The fraction of sp³-hybridized carbons (Fsp3) is 0.259. The van der Waals surface area contributed by atoms with Crippen molar-refractivity contribution in [2.24, 2.45) is 0 Å². The maximum absolute atomic E-state index is 12.9. The van der Waals surface area contributed by atoms with Gasteiger partial charge < -0.3 is 15.0 Å². The molecule has 2 aromatic carbocycles. The van der Waals surface area contributed by atoms with Gasteiger partial charge in [0.2, 0.25) is 0 Å². The number of imide groups is 1. The van der Waals surface area contributed by atoms with Gasteiger partial charge in [-0.1, -0.05) is 30.3 Å². The van der Waals surface area contributed by atoms with E-state index in [-0.39, 0.29) is 36.1 Å². The lowest BCUT2D eigenvalue weighted by Crippen LogP contribution is -2.45. The van der Waals surface area contributed by atoms with Gasteiger partial charge in [0.05, 0.1) is 41.8 Å². The molecule has 1 saturated heterocycles. The third-order valence-electron chi connectivity index (χ3n) is 6.17. The topological polar surface area (TPSA) is 91.8 Å². The fourth-order valence-corrected chi connectivity index (χ4v) is 4.56. The number of aromatic nitrogens is 1. The van der Waals surface area contributed by atoms with Crippen molar-refractivity contribution in [3.8, 4) is 0 Å². The Morgan fingerprint density at radius 3 is 2.37 bits per heavy atom. The average molecular weight is 471 g/mol. The van der Waals surface area contributed by atoms with E-state index in [9.17, 15) is 14.4 Å². The molecular weight excluding hydrogens is 444 g/mol. The highest BCUT2D eigenvalue weighted by atomic mass is 16.5. The Hall–Kier alpha value is -4.04. The van der Waals surface area contributed by atoms with E-state index >= 15 is 0 Å². The normalized spacial score (nSPS) is 19.6. The third kappa shape index (κ3) is 4.65. The fourth-order valence-electron chi connectivity index (χ4n) is 4.56. The first-order valence-electron chi connectivity index (χ1n) is 11.6. The number of morpholine rings is 1. The number of nitrogens with zero attached hydrogens (tertiary/aromatic N) is 3. The van der Waals surface area contributed by atoms with Crippen molar-refractivity contribution in [3.63, 3.8) is 0 Å². The molecule has 0 radical (unpaired) electrons. The predicted octanol–water partition coefficient (Wildman–Crippen LogP) is 3.74. The highest BCUT2D eigenvalue weighted by Crippen LogP contribution is 2.26. The molecule has 2 aliphatic rings. The SMILES string of the molecule is CC1CN(c2ccc(NC(=O)c3ccc4c(c3)C(=O)N(Cc3ccccc3)C4=O)cn2)CC(C)O1. The van der Waals surface area contributed by atoms with Gasteiger partial charge in [-0.2, -0.15) is 0 Å². The molecule has 5 rings (SSSR count). The van der Waals surface area contributed by atoms with E-state index in [2.05, 4.69) is 15.2 Å². The van der Waals surface area contributed by atoms with Crippen LogP contribution in [-0.4, -0.2) is 52.9 Å². The minimum absolute atomic E-state index is 0.123. The van der Waals surface area contributed by atoms with E-state index in [1.54, 1.807) is 18.3 Å². The number of carbonyl (C=O) groups excluding carboxylic acids is 3. The van der Waals surface area contributed by atoms with Crippen molar-refractivity contribution in [2.75, 3.05) is 23.3 Å². The van der Waals surface area contributed by atoms with Crippen LogP contribution in [0.3, 0.4) is 0 Å². The van der Waals surface area contributed by atoms with Crippen LogP contribution < -0.4 is 10.2 Å². The molecule has 0 bridgehead atoms. The van der Waals surface area contributed by atoms with E-state index in [1.165, 1.54) is 17.0 Å². The largest absolute Gasteiger partial charge is 0.372 e. The Balaban J connectivity index is 1.28. The van der Waals surface area contributed by atoms with Gasteiger partial charge in [0.15, 0.2) is 0 Å². The number of carbonyl (C=O) groups is 3. The Labute approximate surface area is 203 Å². The molecule has 0 saturated carbocycles. The van der Waals surface area contributed by atoms with Gasteiger partial charge >= 0.3 is 0 Å². The van der Waals surface area contributed by atoms with Crippen molar-refractivity contribution in [2.45, 2.75) is 32.6 Å². The summed E-state index contributed by atoms with van der Waals surface area (Å²) >= 11 is 0. The number of anilines is 2. The number of ether oxygens (including phenoxy) is 1. The van der Waals surface area contributed by atoms with E-state index in [0.717, 1.165) is 24.5 Å². The summed E-state index contributed by atoms with van der Waals surface area (Å²) in [4.78, 5) is 46.4. The molecule has 35 heavy (non-hydrogen) atoms. The van der Waals surface area contributed by atoms with E-state index in [4.69, 9.17) is 4.74 Å². The summed E-state index contributed by atoms with van der Waals surface area (Å²) < 4.78 is 5.77. The molecule has 2 aliphatic heterocycles. The number of fused-ring (bicyclic) bond motifs is 1. The molecule has 8 heteroatoms. The van der Waals surface area contributed by atoms with Crippen molar-refractivity contribution < 1.29 is 19.1 Å². The lowest BCUT2D eigenvalue weighted by molar-refractivity contribution is -0.00546. The van der Waals surface area contributed by atoms with Crippen LogP contribution in [0.2, 0.25) is 0 Å². The van der Waals surface area contributed by atoms with Gasteiger partial charge in [-0.05, 0) is 49.7 Å². The number of benzene rings is 2. The van der Waals surface area contributed by atoms with Crippen LogP contribution in [0, 0.1) is 0 Å². The van der Waals surface area contributed by atoms with Gasteiger partial charge in [0.25, 0.3) is 17.7 Å². The first-order chi connectivity index (χ1) is 16.9. The zero-order valence-electron chi connectivity index (χ0n) is 19.6. The average Bonchev–Trinajstić information content (AvgIpc) is 3.09. The molecule has 178 valence electrons. The molecule has 0 spiro atoms. The monoisotopic (exact) mass is 470 g/mol. The highest BCUT2D eigenvalue weighted by Gasteiger charge is 2.36. The number of hydrogen-bond donors (Lipinski definition) is 1. The lowest BCUT2D eigenvalue weighted by Gasteiger charge is -2.36. The summed E-state index contributed by atoms with van der Waals surface area (Å²) in [6, 6.07) is 17.6. The molecule has 1 fully saturated rings. The highest BCUT2D eigenvalue weighted by molar-refractivity contribution is 6.22. The summed E-state index contributed by atoms with van der Waals surface area (Å²) in [5, 5.41) is 2.82. The van der Waals surface area contributed by atoms with Gasteiger partial charge in [0, 0.05) is 18.7 Å². The van der Waals surface area contributed by atoms with Crippen LogP contribution in [0.4, 0.5) is 11.5 Å². The predicted molar refractivity (Wildman–Crippen MR) is 132 cm³/mol. The van der Waals surface area contributed by atoms with Crippen LogP contribution >= 0.6 is 0 Å². The van der Waals surface area contributed by atoms with Crippen molar-refractivity contribution in [3.05, 3.63) is 89.1 Å². The minimum atomic E-state index is -0.400. The molecule has 2 unspecified atom stereocenters. The maximum atomic E-state index is 12.9. The molecular formula is C27H26N4O4. The van der Waals surface area contributed by atoms with Gasteiger partial charge in [0.1, 0.15) is 5.82 Å². The quantitative estimate of drug-likeness (QED) is 0.571. The zero-order valence-corrected chi connectivity index (χ0v) is 19.6. The molecule has 2 atom stereocenters. The summed E-state index contributed by atoms with van der Waals surface area (Å²) in [5.41, 5.74) is 2.25. The Morgan fingerprint density at radius 2 is 1.69 bits per heavy atom. The van der Waals surface area contributed by atoms with Crippen LogP contribution in [0.1, 0.15) is 50.5 Å². The van der Waals surface area contributed by atoms with Gasteiger partial charge in [-0.3, -0.25) is 19.3 Å². The molecule has 1 aromatic heterocycles. The Kier molecular flexibility index (Phi) is 6.05. The minimum Gasteiger partial charge on any atom is -0.372 e. The Bertz CT molecular complexity index is 1270. The number of rotatable bonds is 5. The first kappa shape index (κ1) is 22.7. The second kappa shape index (κ2) is 9.31. The van der Waals surface area contributed by atoms with Crippen LogP contribution in [0.15, 0.2) is 66.9 Å². The molecule has 3 aromatic rings. The van der Waals surface area contributed by atoms with Crippen molar-refractivity contribution in [1.82, 2.24) is 9.88 Å². The maximum Gasteiger partial charge on any atom is 0.261 e. The second-order valence-electron chi connectivity index (χ2n) is 8.96. The third-order valence-corrected chi connectivity index (χ3v) is 6.17.